The standard InChI is InChI=1S/C14H14BrNO3/c1-8-12(15)4-3-5-13(8)16-7-10-6-11(14(17)18)9(2)19-10/h3-6,16H,7H2,1-2H3,(H,17,18). The zero-order valence-corrected chi connectivity index (χ0v) is 12.2. The summed E-state index contributed by atoms with van der Waals surface area (Å²) in [6.45, 7) is 4.10. The van der Waals surface area contributed by atoms with Crippen molar-refractivity contribution in [3.63, 3.8) is 0 Å². The Bertz CT molecular complexity index is 619. The maximum absolute atomic E-state index is 10.9. The molecule has 5 heteroatoms. The van der Waals surface area contributed by atoms with Gasteiger partial charge in [-0.1, -0.05) is 22.0 Å². The Kier molecular flexibility index (Phi) is 3.95. The van der Waals surface area contributed by atoms with Gasteiger partial charge in [-0.15, -0.1) is 0 Å². The van der Waals surface area contributed by atoms with Crippen LogP contribution < -0.4 is 5.32 Å². The first kappa shape index (κ1) is 13.7. The van der Waals surface area contributed by atoms with Crippen LogP contribution in [0.4, 0.5) is 5.69 Å². The van der Waals surface area contributed by atoms with Crippen LogP contribution in [0.3, 0.4) is 0 Å². The number of aromatic carboxylic acids is 1. The highest BCUT2D eigenvalue weighted by Gasteiger charge is 2.13. The van der Waals surface area contributed by atoms with E-state index in [0.717, 1.165) is 15.7 Å². The summed E-state index contributed by atoms with van der Waals surface area (Å²) in [7, 11) is 0. The quantitative estimate of drug-likeness (QED) is 0.893. The van der Waals surface area contributed by atoms with Crippen LogP contribution in [0.2, 0.25) is 0 Å². The largest absolute Gasteiger partial charge is 0.478 e. The van der Waals surface area contributed by atoms with Crippen molar-refractivity contribution in [3.05, 3.63) is 51.4 Å². The molecule has 0 atom stereocenters. The predicted molar refractivity (Wildman–Crippen MR) is 76.6 cm³/mol. The fourth-order valence-electron chi connectivity index (χ4n) is 1.82. The Morgan fingerprint density at radius 3 is 2.79 bits per heavy atom. The number of halogens is 1. The second-order valence-corrected chi connectivity index (χ2v) is 5.11. The van der Waals surface area contributed by atoms with Gasteiger partial charge in [0, 0.05) is 10.2 Å². The summed E-state index contributed by atoms with van der Waals surface area (Å²) in [4.78, 5) is 10.9. The smallest absolute Gasteiger partial charge is 0.339 e. The van der Waals surface area contributed by atoms with E-state index in [1.165, 1.54) is 0 Å². The van der Waals surface area contributed by atoms with Crippen molar-refractivity contribution in [2.45, 2.75) is 20.4 Å². The molecular weight excluding hydrogens is 310 g/mol. The number of nitrogens with one attached hydrogen (secondary N) is 1. The lowest BCUT2D eigenvalue weighted by Gasteiger charge is -2.09. The monoisotopic (exact) mass is 323 g/mol. The summed E-state index contributed by atoms with van der Waals surface area (Å²) in [6, 6.07) is 7.43. The molecule has 2 aromatic rings. The number of benzene rings is 1. The molecule has 0 unspecified atom stereocenters. The Labute approximate surface area is 119 Å². The summed E-state index contributed by atoms with van der Waals surface area (Å²) < 4.78 is 6.44. The molecule has 0 bridgehead atoms. The average molecular weight is 324 g/mol. The zero-order chi connectivity index (χ0) is 14.0. The molecule has 1 aromatic carbocycles. The lowest BCUT2D eigenvalue weighted by molar-refractivity contribution is 0.0695. The van der Waals surface area contributed by atoms with Crippen LogP contribution in [0.15, 0.2) is 33.2 Å². The molecule has 1 heterocycles. The Morgan fingerprint density at radius 2 is 2.16 bits per heavy atom. The molecule has 0 aliphatic rings. The SMILES string of the molecule is Cc1oc(CNc2cccc(Br)c2C)cc1C(=O)O. The lowest BCUT2D eigenvalue weighted by Crippen LogP contribution is -2.00. The second kappa shape index (κ2) is 5.48. The van der Waals surface area contributed by atoms with E-state index in [0.29, 0.717) is 18.1 Å². The van der Waals surface area contributed by atoms with Crippen LogP contribution >= 0.6 is 15.9 Å². The minimum absolute atomic E-state index is 0.211. The van der Waals surface area contributed by atoms with E-state index < -0.39 is 5.97 Å². The summed E-state index contributed by atoms with van der Waals surface area (Å²) in [5.41, 5.74) is 2.30. The van der Waals surface area contributed by atoms with Gasteiger partial charge in [0.05, 0.1) is 6.54 Å². The highest BCUT2D eigenvalue weighted by Crippen LogP contribution is 2.24. The topological polar surface area (TPSA) is 62.5 Å². The maximum Gasteiger partial charge on any atom is 0.339 e. The van der Waals surface area contributed by atoms with Gasteiger partial charge in [0.1, 0.15) is 17.1 Å². The van der Waals surface area contributed by atoms with Gasteiger partial charge in [-0.05, 0) is 37.6 Å². The van der Waals surface area contributed by atoms with Gasteiger partial charge in [0.15, 0.2) is 0 Å². The third-order valence-electron chi connectivity index (χ3n) is 2.92. The van der Waals surface area contributed by atoms with Crippen molar-refractivity contribution < 1.29 is 14.3 Å². The van der Waals surface area contributed by atoms with Crippen molar-refractivity contribution in [2.75, 3.05) is 5.32 Å². The first-order valence-corrected chi connectivity index (χ1v) is 6.60. The number of anilines is 1. The number of carbonyl (C=O) groups is 1. The van der Waals surface area contributed by atoms with Crippen molar-refractivity contribution in [3.8, 4) is 0 Å². The fraction of sp³-hybridized carbons (Fsp3) is 0.214. The van der Waals surface area contributed by atoms with Gasteiger partial charge in [-0.3, -0.25) is 0 Å². The molecule has 0 amide bonds. The molecule has 0 saturated carbocycles. The summed E-state index contributed by atoms with van der Waals surface area (Å²) >= 11 is 3.47. The molecule has 0 saturated heterocycles. The average Bonchev–Trinajstić information content (AvgIpc) is 2.73. The molecule has 0 fully saturated rings. The van der Waals surface area contributed by atoms with Crippen LogP contribution in [-0.4, -0.2) is 11.1 Å². The molecule has 2 rings (SSSR count). The van der Waals surface area contributed by atoms with E-state index in [2.05, 4.69) is 21.2 Å². The highest BCUT2D eigenvalue weighted by atomic mass is 79.9. The van der Waals surface area contributed by atoms with Crippen molar-refractivity contribution >= 4 is 27.6 Å². The molecule has 0 spiro atoms. The Morgan fingerprint density at radius 1 is 1.42 bits per heavy atom. The fourth-order valence-corrected chi connectivity index (χ4v) is 2.19. The molecule has 1 aromatic heterocycles. The highest BCUT2D eigenvalue weighted by molar-refractivity contribution is 9.10. The summed E-state index contributed by atoms with van der Waals surface area (Å²) in [5, 5.41) is 12.2. The lowest BCUT2D eigenvalue weighted by atomic mass is 10.2. The molecule has 100 valence electrons. The number of carboxylic acid groups (broad SMARTS) is 1. The van der Waals surface area contributed by atoms with Gasteiger partial charge in [-0.25, -0.2) is 4.79 Å². The maximum atomic E-state index is 10.9. The van der Waals surface area contributed by atoms with E-state index in [-0.39, 0.29) is 5.56 Å². The second-order valence-electron chi connectivity index (χ2n) is 4.25. The molecule has 0 aliphatic carbocycles. The van der Waals surface area contributed by atoms with E-state index >= 15 is 0 Å². The van der Waals surface area contributed by atoms with Gasteiger partial charge in [0.25, 0.3) is 0 Å². The zero-order valence-electron chi connectivity index (χ0n) is 10.7. The van der Waals surface area contributed by atoms with Gasteiger partial charge in [0.2, 0.25) is 0 Å². The molecular formula is C14H14BrNO3. The normalized spacial score (nSPS) is 10.5. The number of aryl methyl sites for hydroxylation is 1. The summed E-state index contributed by atoms with van der Waals surface area (Å²) in [5.74, 6) is 0.0654. The number of furan rings is 1. The third kappa shape index (κ3) is 2.98. The number of rotatable bonds is 4. The van der Waals surface area contributed by atoms with Gasteiger partial charge in [-0.2, -0.15) is 0 Å². The minimum atomic E-state index is -0.967. The molecule has 0 aliphatic heterocycles. The predicted octanol–water partition coefficient (Wildman–Crippen LogP) is 3.97. The van der Waals surface area contributed by atoms with Gasteiger partial charge >= 0.3 is 5.97 Å². The van der Waals surface area contributed by atoms with E-state index in [4.69, 9.17) is 9.52 Å². The number of hydrogen-bond acceptors (Lipinski definition) is 3. The molecule has 4 nitrogen and oxygen atoms in total. The van der Waals surface area contributed by atoms with E-state index in [1.807, 2.05) is 25.1 Å². The van der Waals surface area contributed by atoms with Crippen LogP contribution in [0, 0.1) is 13.8 Å². The van der Waals surface area contributed by atoms with E-state index in [9.17, 15) is 4.79 Å². The molecule has 19 heavy (non-hydrogen) atoms. The van der Waals surface area contributed by atoms with Crippen LogP contribution in [-0.2, 0) is 6.54 Å². The molecule has 0 radical (unpaired) electrons. The van der Waals surface area contributed by atoms with Crippen molar-refractivity contribution in [2.24, 2.45) is 0 Å². The first-order valence-electron chi connectivity index (χ1n) is 5.80. The van der Waals surface area contributed by atoms with Gasteiger partial charge < -0.3 is 14.8 Å². The Balaban J connectivity index is 2.13. The first-order chi connectivity index (χ1) is 8.99. The van der Waals surface area contributed by atoms with Crippen LogP contribution in [0.5, 0.6) is 0 Å². The summed E-state index contributed by atoms with van der Waals surface area (Å²) in [6.07, 6.45) is 0. The Hall–Kier alpha value is -1.75. The number of hydrogen-bond donors (Lipinski definition) is 2. The molecule has 2 N–H and O–H groups in total. The van der Waals surface area contributed by atoms with Crippen LogP contribution in [0.1, 0.15) is 27.4 Å². The van der Waals surface area contributed by atoms with Crippen LogP contribution in [0.25, 0.3) is 0 Å². The third-order valence-corrected chi connectivity index (χ3v) is 3.78. The number of carboxylic acids is 1. The van der Waals surface area contributed by atoms with Crippen molar-refractivity contribution in [1.29, 1.82) is 0 Å². The van der Waals surface area contributed by atoms with E-state index in [1.54, 1.807) is 13.0 Å². The van der Waals surface area contributed by atoms with Crippen molar-refractivity contribution in [1.82, 2.24) is 0 Å². The minimum Gasteiger partial charge on any atom is -0.478 e.